The molecule has 0 heterocycles. The Kier molecular flexibility index (Phi) is 6.79. The predicted molar refractivity (Wildman–Crippen MR) is 94.2 cm³/mol. The molecule has 1 aliphatic rings. The van der Waals surface area contributed by atoms with Gasteiger partial charge in [0.25, 0.3) is 0 Å². The van der Waals surface area contributed by atoms with Crippen molar-refractivity contribution >= 4 is 0 Å². The Bertz CT molecular complexity index is 358. The molecule has 0 aromatic rings. The van der Waals surface area contributed by atoms with E-state index in [1.807, 2.05) is 6.92 Å². The maximum absolute atomic E-state index is 3.73. The maximum Gasteiger partial charge on any atom is 0.00966 e. The largest absolute Gasteiger partial charge is 0.312 e. The molecule has 0 spiro atoms. The van der Waals surface area contributed by atoms with Crippen molar-refractivity contribution in [3.8, 4) is 11.8 Å². The topological polar surface area (TPSA) is 12.0 Å². The summed E-state index contributed by atoms with van der Waals surface area (Å²) in [6.45, 7) is 17.2. The van der Waals surface area contributed by atoms with E-state index in [0.29, 0.717) is 5.41 Å². The Labute approximate surface area is 133 Å². The molecule has 1 aliphatic carbocycles. The average molecular weight is 292 g/mol. The number of rotatable bonds is 4. The first-order chi connectivity index (χ1) is 9.63. The molecule has 0 aromatic heterocycles. The smallest absolute Gasteiger partial charge is 0.00966 e. The standard InChI is InChI=1S/C20H37N/c1-8-9-10-11-16-14-18(19(2,3)4)13-12-17(16)15-21-20(5,6)7/h16-18,21H,10-15H2,1-7H3. The third-order valence-corrected chi connectivity index (χ3v) is 5.08. The first-order valence-electron chi connectivity index (χ1n) is 8.78. The molecule has 3 unspecified atom stereocenters. The maximum atomic E-state index is 3.73. The van der Waals surface area contributed by atoms with Gasteiger partial charge in [-0.05, 0) is 83.1 Å². The minimum Gasteiger partial charge on any atom is -0.312 e. The van der Waals surface area contributed by atoms with E-state index in [-0.39, 0.29) is 5.54 Å². The van der Waals surface area contributed by atoms with Gasteiger partial charge >= 0.3 is 0 Å². The lowest BCUT2D eigenvalue weighted by molar-refractivity contribution is 0.0901. The second-order valence-corrected chi connectivity index (χ2v) is 8.99. The van der Waals surface area contributed by atoms with Gasteiger partial charge in [0.2, 0.25) is 0 Å². The number of hydrogen-bond acceptors (Lipinski definition) is 1. The van der Waals surface area contributed by atoms with Gasteiger partial charge in [-0.1, -0.05) is 20.8 Å². The summed E-state index contributed by atoms with van der Waals surface area (Å²) in [4.78, 5) is 0. The Morgan fingerprint density at radius 1 is 1.00 bits per heavy atom. The quantitative estimate of drug-likeness (QED) is 0.697. The Morgan fingerprint density at radius 3 is 2.19 bits per heavy atom. The van der Waals surface area contributed by atoms with Crippen LogP contribution in [0.2, 0.25) is 0 Å². The fourth-order valence-corrected chi connectivity index (χ4v) is 3.56. The summed E-state index contributed by atoms with van der Waals surface area (Å²) in [7, 11) is 0. The van der Waals surface area contributed by atoms with Gasteiger partial charge < -0.3 is 5.32 Å². The van der Waals surface area contributed by atoms with Gasteiger partial charge in [-0.2, -0.15) is 0 Å². The van der Waals surface area contributed by atoms with Crippen LogP contribution in [0.25, 0.3) is 0 Å². The second-order valence-electron chi connectivity index (χ2n) is 8.99. The number of hydrogen-bond donors (Lipinski definition) is 1. The highest BCUT2D eigenvalue weighted by atomic mass is 14.9. The third kappa shape index (κ3) is 6.88. The molecule has 21 heavy (non-hydrogen) atoms. The van der Waals surface area contributed by atoms with E-state index in [1.54, 1.807) is 0 Å². The molecule has 1 nitrogen and oxygen atoms in total. The second kappa shape index (κ2) is 7.68. The minimum absolute atomic E-state index is 0.231. The van der Waals surface area contributed by atoms with Crippen LogP contribution in [0.5, 0.6) is 0 Å². The van der Waals surface area contributed by atoms with Crippen LogP contribution in [0.4, 0.5) is 0 Å². The van der Waals surface area contributed by atoms with Crippen LogP contribution in [0, 0.1) is 35.0 Å². The van der Waals surface area contributed by atoms with Gasteiger partial charge in [-0.25, -0.2) is 0 Å². The van der Waals surface area contributed by atoms with E-state index in [1.165, 1.54) is 32.2 Å². The van der Waals surface area contributed by atoms with Crippen molar-refractivity contribution in [3.05, 3.63) is 0 Å². The molecular weight excluding hydrogens is 254 g/mol. The van der Waals surface area contributed by atoms with Gasteiger partial charge in [0.05, 0.1) is 0 Å². The van der Waals surface area contributed by atoms with Crippen LogP contribution in [-0.4, -0.2) is 12.1 Å². The summed E-state index contributed by atoms with van der Waals surface area (Å²) >= 11 is 0. The molecule has 0 amide bonds. The van der Waals surface area contributed by atoms with E-state index in [4.69, 9.17) is 0 Å². The Hall–Kier alpha value is -0.480. The fraction of sp³-hybridized carbons (Fsp3) is 0.900. The van der Waals surface area contributed by atoms with E-state index in [0.717, 1.165) is 24.2 Å². The lowest BCUT2D eigenvalue weighted by Gasteiger charge is -2.42. The zero-order valence-corrected chi connectivity index (χ0v) is 15.5. The zero-order chi connectivity index (χ0) is 16.1. The lowest BCUT2D eigenvalue weighted by Crippen LogP contribution is -2.43. The average Bonchev–Trinajstić information content (AvgIpc) is 2.35. The molecule has 1 heteroatoms. The Balaban J connectivity index is 2.65. The molecule has 1 saturated carbocycles. The van der Waals surface area contributed by atoms with Gasteiger partial charge in [-0.3, -0.25) is 0 Å². The summed E-state index contributed by atoms with van der Waals surface area (Å²) in [6.07, 6.45) is 6.53. The van der Waals surface area contributed by atoms with Crippen molar-refractivity contribution in [2.75, 3.05) is 6.54 Å². The van der Waals surface area contributed by atoms with E-state index in [9.17, 15) is 0 Å². The van der Waals surface area contributed by atoms with E-state index >= 15 is 0 Å². The molecule has 1 N–H and O–H groups in total. The van der Waals surface area contributed by atoms with Gasteiger partial charge in [-0.15, -0.1) is 11.8 Å². The van der Waals surface area contributed by atoms with Crippen molar-refractivity contribution in [1.82, 2.24) is 5.32 Å². The lowest BCUT2D eigenvalue weighted by atomic mass is 9.64. The predicted octanol–water partition coefficient (Wildman–Crippen LogP) is 5.26. The van der Waals surface area contributed by atoms with Crippen LogP contribution in [0.15, 0.2) is 0 Å². The molecule has 1 fully saturated rings. The van der Waals surface area contributed by atoms with E-state index < -0.39 is 0 Å². The Morgan fingerprint density at radius 2 is 1.67 bits per heavy atom. The summed E-state index contributed by atoms with van der Waals surface area (Å²) in [5.74, 6) is 8.88. The highest BCUT2D eigenvalue weighted by molar-refractivity contribution is 4.96. The van der Waals surface area contributed by atoms with Crippen molar-refractivity contribution in [2.45, 2.75) is 86.1 Å². The molecule has 0 aromatic carbocycles. The third-order valence-electron chi connectivity index (χ3n) is 5.08. The normalized spacial score (nSPS) is 27.1. The monoisotopic (exact) mass is 291 g/mol. The molecule has 3 atom stereocenters. The first-order valence-corrected chi connectivity index (χ1v) is 8.78. The van der Waals surface area contributed by atoms with Crippen molar-refractivity contribution < 1.29 is 0 Å². The van der Waals surface area contributed by atoms with Crippen LogP contribution >= 0.6 is 0 Å². The highest BCUT2D eigenvalue weighted by Crippen LogP contribution is 2.44. The van der Waals surface area contributed by atoms with Gasteiger partial charge in [0.15, 0.2) is 0 Å². The van der Waals surface area contributed by atoms with Crippen molar-refractivity contribution in [2.24, 2.45) is 23.2 Å². The van der Waals surface area contributed by atoms with Crippen molar-refractivity contribution in [1.29, 1.82) is 0 Å². The SMILES string of the molecule is CC#CCCC1CC(C(C)(C)C)CCC1CNC(C)(C)C. The summed E-state index contributed by atoms with van der Waals surface area (Å²) < 4.78 is 0. The molecular formula is C20H37N. The molecule has 0 saturated heterocycles. The van der Waals surface area contributed by atoms with Crippen LogP contribution in [-0.2, 0) is 0 Å². The van der Waals surface area contributed by atoms with Gasteiger partial charge in [0, 0.05) is 12.0 Å². The highest BCUT2D eigenvalue weighted by Gasteiger charge is 2.35. The van der Waals surface area contributed by atoms with Crippen LogP contribution in [0.3, 0.4) is 0 Å². The van der Waals surface area contributed by atoms with Crippen molar-refractivity contribution in [3.63, 3.8) is 0 Å². The minimum atomic E-state index is 0.231. The molecule has 0 radical (unpaired) electrons. The molecule has 122 valence electrons. The molecule has 0 aliphatic heterocycles. The van der Waals surface area contributed by atoms with Crippen LogP contribution < -0.4 is 5.32 Å². The fourth-order valence-electron chi connectivity index (χ4n) is 3.56. The zero-order valence-electron chi connectivity index (χ0n) is 15.5. The molecule has 0 bridgehead atoms. The van der Waals surface area contributed by atoms with Crippen LogP contribution in [0.1, 0.15) is 80.6 Å². The first kappa shape index (κ1) is 18.6. The molecule has 1 rings (SSSR count). The van der Waals surface area contributed by atoms with E-state index in [2.05, 4.69) is 58.7 Å². The summed E-state index contributed by atoms with van der Waals surface area (Å²) in [6, 6.07) is 0. The number of nitrogens with one attached hydrogen (secondary N) is 1. The summed E-state index contributed by atoms with van der Waals surface area (Å²) in [5.41, 5.74) is 0.686. The van der Waals surface area contributed by atoms with Gasteiger partial charge in [0.1, 0.15) is 0 Å². The summed E-state index contributed by atoms with van der Waals surface area (Å²) in [5, 5.41) is 3.73.